The molecule has 0 spiro atoms. The minimum absolute atomic E-state index is 0.0301. The molecule has 1 saturated heterocycles. The Bertz CT molecular complexity index is 486. The van der Waals surface area contributed by atoms with Crippen molar-refractivity contribution in [3.05, 3.63) is 24.0 Å². The highest BCUT2D eigenvalue weighted by Gasteiger charge is 2.43. The first-order valence-electron chi connectivity index (χ1n) is 5.32. The number of aromatic hydroxyl groups is 1. The van der Waals surface area contributed by atoms with Gasteiger partial charge in [-0.2, -0.15) is 11.8 Å². The first kappa shape index (κ1) is 12.7. The van der Waals surface area contributed by atoms with Crippen molar-refractivity contribution in [1.82, 2.24) is 10.3 Å². The Morgan fingerprint density at radius 1 is 1.50 bits per heavy atom. The van der Waals surface area contributed by atoms with Gasteiger partial charge in [-0.05, 0) is 18.2 Å². The number of hydrogen-bond donors (Lipinski definition) is 3. The van der Waals surface area contributed by atoms with Crippen molar-refractivity contribution in [2.45, 2.75) is 12.0 Å². The number of rotatable bonds is 3. The largest absolute Gasteiger partial charge is 0.505 e. The molecule has 1 aromatic heterocycles. The minimum Gasteiger partial charge on any atom is -0.505 e. The molecular weight excluding hydrogens is 256 g/mol. The van der Waals surface area contributed by atoms with E-state index in [2.05, 4.69) is 10.3 Å². The van der Waals surface area contributed by atoms with Gasteiger partial charge in [0.2, 0.25) is 0 Å². The van der Waals surface area contributed by atoms with Crippen LogP contribution in [-0.2, 0) is 4.79 Å². The van der Waals surface area contributed by atoms with Crippen molar-refractivity contribution in [3.63, 3.8) is 0 Å². The van der Waals surface area contributed by atoms with Crippen LogP contribution in [0.15, 0.2) is 18.5 Å². The second-order valence-corrected chi connectivity index (χ2v) is 5.14. The average Bonchev–Trinajstić information content (AvgIpc) is 2.79. The third-order valence-electron chi connectivity index (χ3n) is 2.83. The lowest BCUT2D eigenvalue weighted by Gasteiger charge is -2.24. The molecule has 1 unspecified atom stereocenters. The summed E-state index contributed by atoms with van der Waals surface area (Å²) in [6, 6.07) is 1.35. The summed E-state index contributed by atoms with van der Waals surface area (Å²) in [6.07, 6.45) is 2.89. The van der Waals surface area contributed by atoms with E-state index in [0.29, 0.717) is 17.9 Å². The molecule has 2 rings (SSSR count). The molecule has 96 valence electrons. The molecule has 1 atom stereocenters. The van der Waals surface area contributed by atoms with Crippen LogP contribution in [0.1, 0.15) is 16.8 Å². The SMILES string of the molecule is O=C(NC1(C(=O)O)CCSC1)c1ccncc1O. The first-order chi connectivity index (χ1) is 8.55. The number of nitrogens with zero attached hydrogens (tertiary/aromatic N) is 1. The van der Waals surface area contributed by atoms with Crippen LogP contribution in [0.4, 0.5) is 0 Å². The average molecular weight is 268 g/mol. The summed E-state index contributed by atoms with van der Waals surface area (Å²) in [6.45, 7) is 0. The van der Waals surface area contributed by atoms with E-state index in [-0.39, 0.29) is 11.3 Å². The predicted octanol–water partition coefficient (Wildman–Crippen LogP) is 0.477. The molecule has 2 heterocycles. The van der Waals surface area contributed by atoms with Crippen LogP contribution in [0.3, 0.4) is 0 Å². The van der Waals surface area contributed by atoms with E-state index in [1.165, 1.54) is 24.0 Å². The van der Waals surface area contributed by atoms with Gasteiger partial charge in [0.05, 0.1) is 11.8 Å². The van der Waals surface area contributed by atoms with Crippen LogP contribution in [0.25, 0.3) is 0 Å². The van der Waals surface area contributed by atoms with E-state index in [9.17, 15) is 19.8 Å². The van der Waals surface area contributed by atoms with Gasteiger partial charge in [-0.15, -0.1) is 0 Å². The summed E-state index contributed by atoms with van der Waals surface area (Å²) >= 11 is 1.48. The fourth-order valence-corrected chi connectivity index (χ4v) is 3.07. The lowest BCUT2D eigenvalue weighted by molar-refractivity contribution is -0.143. The third kappa shape index (κ3) is 2.26. The number of amides is 1. The van der Waals surface area contributed by atoms with Crippen LogP contribution >= 0.6 is 11.8 Å². The summed E-state index contributed by atoms with van der Waals surface area (Å²) in [5, 5.41) is 21.2. The molecule has 0 radical (unpaired) electrons. The third-order valence-corrected chi connectivity index (χ3v) is 4.02. The van der Waals surface area contributed by atoms with Gasteiger partial charge < -0.3 is 15.5 Å². The maximum absolute atomic E-state index is 12.0. The van der Waals surface area contributed by atoms with Gasteiger partial charge in [0.1, 0.15) is 11.3 Å². The van der Waals surface area contributed by atoms with E-state index >= 15 is 0 Å². The summed E-state index contributed by atoms with van der Waals surface area (Å²) < 4.78 is 0. The topological polar surface area (TPSA) is 99.5 Å². The molecule has 1 aliphatic rings. The maximum Gasteiger partial charge on any atom is 0.330 e. The van der Waals surface area contributed by atoms with Crippen LogP contribution in [0.5, 0.6) is 5.75 Å². The standard InChI is InChI=1S/C11H12N2O4S/c14-8-5-12-3-1-7(8)9(15)13-11(10(16)17)2-4-18-6-11/h1,3,5,14H,2,4,6H2,(H,13,15)(H,16,17). The number of aromatic nitrogens is 1. The second-order valence-electron chi connectivity index (χ2n) is 4.04. The van der Waals surface area contributed by atoms with E-state index in [1.54, 1.807) is 0 Å². The van der Waals surface area contributed by atoms with Gasteiger partial charge in [-0.3, -0.25) is 9.78 Å². The smallest absolute Gasteiger partial charge is 0.330 e. The first-order valence-corrected chi connectivity index (χ1v) is 6.47. The Kier molecular flexibility index (Phi) is 3.42. The molecule has 0 aliphatic carbocycles. The zero-order valence-electron chi connectivity index (χ0n) is 9.42. The molecular formula is C11H12N2O4S. The highest BCUT2D eigenvalue weighted by atomic mass is 32.2. The number of nitrogens with one attached hydrogen (secondary N) is 1. The van der Waals surface area contributed by atoms with Crippen molar-refractivity contribution >= 4 is 23.6 Å². The van der Waals surface area contributed by atoms with Gasteiger partial charge in [0.25, 0.3) is 5.91 Å². The lowest BCUT2D eigenvalue weighted by atomic mass is 9.98. The Morgan fingerprint density at radius 3 is 2.83 bits per heavy atom. The number of carboxylic acid groups (broad SMARTS) is 1. The van der Waals surface area contributed by atoms with E-state index < -0.39 is 17.4 Å². The number of carboxylic acids is 1. The molecule has 6 nitrogen and oxygen atoms in total. The molecule has 3 N–H and O–H groups in total. The number of hydrogen-bond acceptors (Lipinski definition) is 5. The number of carbonyl (C=O) groups excluding carboxylic acids is 1. The molecule has 18 heavy (non-hydrogen) atoms. The zero-order chi connectivity index (χ0) is 13.2. The van der Waals surface area contributed by atoms with Crippen molar-refractivity contribution in [2.24, 2.45) is 0 Å². The van der Waals surface area contributed by atoms with E-state index in [1.807, 2.05) is 0 Å². The quantitative estimate of drug-likeness (QED) is 0.737. The molecule has 1 aromatic rings. The number of carbonyl (C=O) groups is 2. The highest BCUT2D eigenvalue weighted by molar-refractivity contribution is 7.99. The molecule has 1 amide bonds. The van der Waals surface area contributed by atoms with Crippen LogP contribution in [-0.4, -0.2) is 44.1 Å². The highest BCUT2D eigenvalue weighted by Crippen LogP contribution is 2.29. The zero-order valence-corrected chi connectivity index (χ0v) is 10.2. The molecule has 0 aromatic carbocycles. The van der Waals surface area contributed by atoms with Crippen molar-refractivity contribution < 1.29 is 19.8 Å². The molecule has 1 fully saturated rings. The fraction of sp³-hybridized carbons (Fsp3) is 0.364. The van der Waals surface area contributed by atoms with Crippen molar-refractivity contribution in [2.75, 3.05) is 11.5 Å². The summed E-state index contributed by atoms with van der Waals surface area (Å²) in [4.78, 5) is 26.9. The normalized spacial score (nSPS) is 22.7. The fourth-order valence-electron chi connectivity index (χ4n) is 1.75. The summed E-state index contributed by atoms with van der Waals surface area (Å²) in [5.41, 5.74) is -1.21. The maximum atomic E-state index is 12.0. The number of pyridine rings is 1. The molecule has 0 bridgehead atoms. The van der Waals surface area contributed by atoms with Crippen LogP contribution in [0, 0.1) is 0 Å². The monoisotopic (exact) mass is 268 g/mol. The molecule has 7 heteroatoms. The summed E-state index contributed by atoms with van der Waals surface area (Å²) in [5.74, 6) is -0.884. The van der Waals surface area contributed by atoms with Gasteiger partial charge in [0, 0.05) is 11.9 Å². The Hall–Kier alpha value is -1.76. The van der Waals surface area contributed by atoms with Gasteiger partial charge in [0.15, 0.2) is 0 Å². The molecule has 1 aliphatic heterocycles. The van der Waals surface area contributed by atoms with Gasteiger partial charge in [-0.1, -0.05) is 0 Å². The Balaban J connectivity index is 2.21. The summed E-state index contributed by atoms with van der Waals surface area (Å²) in [7, 11) is 0. The van der Waals surface area contributed by atoms with Crippen molar-refractivity contribution in [3.8, 4) is 5.75 Å². The molecule has 0 saturated carbocycles. The Labute approximate surface area is 107 Å². The van der Waals surface area contributed by atoms with E-state index in [0.717, 1.165) is 6.20 Å². The van der Waals surface area contributed by atoms with Crippen LogP contribution < -0.4 is 5.32 Å². The van der Waals surface area contributed by atoms with E-state index in [4.69, 9.17) is 0 Å². The Morgan fingerprint density at radius 2 is 2.28 bits per heavy atom. The van der Waals surface area contributed by atoms with Gasteiger partial charge in [-0.25, -0.2) is 4.79 Å². The predicted molar refractivity (Wildman–Crippen MR) is 65.7 cm³/mol. The van der Waals surface area contributed by atoms with Crippen molar-refractivity contribution in [1.29, 1.82) is 0 Å². The van der Waals surface area contributed by atoms with Crippen LogP contribution in [0.2, 0.25) is 0 Å². The number of aliphatic carboxylic acids is 1. The number of thioether (sulfide) groups is 1. The minimum atomic E-state index is -1.24. The lowest BCUT2D eigenvalue weighted by Crippen LogP contribution is -2.54. The second kappa shape index (κ2) is 4.85. The van der Waals surface area contributed by atoms with Gasteiger partial charge >= 0.3 is 5.97 Å².